The van der Waals surface area contributed by atoms with Gasteiger partial charge in [0.1, 0.15) is 12.4 Å². The zero-order chi connectivity index (χ0) is 20.6. The number of aryl methyl sites for hydroxylation is 1. The van der Waals surface area contributed by atoms with Gasteiger partial charge in [0.05, 0.1) is 6.42 Å². The number of aromatic amines is 1. The van der Waals surface area contributed by atoms with Crippen LogP contribution < -0.4 is 10.1 Å². The van der Waals surface area contributed by atoms with E-state index in [0.29, 0.717) is 19.6 Å². The van der Waals surface area contributed by atoms with Crippen molar-refractivity contribution in [2.75, 3.05) is 26.2 Å². The lowest BCUT2D eigenvalue weighted by molar-refractivity contribution is -0.120. The van der Waals surface area contributed by atoms with E-state index in [0.717, 1.165) is 53.1 Å². The van der Waals surface area contributed by atoms with E-state index in [9.17, 15) is 4.79 Å². The van der Waals surface area contributed by atoms with E-state index in [1.54, 1.807) is 0 Å². The minimum Gasteiger partial charge on any atom is -0.489 e. The molecule has 0 spiro atoms. The number of carbonyl (C=O) groups is 1. The summed E-state index contributed by atoms with van der Waals surface area (Å²) < 4.78 is 5.97. The number of hydrogen-bond donors (Lipinski definition) is 2. The van der Waals surface area contributed by atoms with Crippen LogP contribution in [0.2, 0.25) is 0 Å². The highest BCUT2D eigenvalue weighted by atomic mass is 16.5. The van der Waals surface area contributed by atoms with Crippen molar-refractivity contribution in [2.24, 2.45) is 0 Å². The number of fused-ring (bicyclic) bond motifs is 1. The number of H-pyrrole nitrogens is 1. The van der Waals surface area contributed by atoms with Gasteiger partial charge in [0, 0.05) is 29.7 Å². The molecule has 1 heterocycles. The number of amides is 1. The molecule has 0 unspecified atom stereocenters. The van der Waals surface area contributed by atoms with Gasteiger partial charge >= 0.3 is 0 Å². The largest absolute Gasteiger partial charge is 0.489 e. The molecule has 0 radical (unpaired) electrons. The lowest BCUT2D eigenvalue weighted by Crippen LogP contribution is -2.35. The number of benzene rings is 2. The number of hydrogen-bond acceptors (Lipinski definition) is 3. The van der Waals surface area contributed by atoms with Gasteiger partial charge in [-0.25, -0.2) is 0 Å². The number of likely N-dealkylation sites (N-methyl/N-ethyl adjacent to an activating group) is 1. The highest BCUT2D eigenvalue weighted by molar-refractivity contribution is 5.91. The first kappa shape index (κ1) is 20.9. The number of rotatable bonds is 10. The van der Waals surface area contributed by atoms with E-state index in [1.165, 1.54) is 0 Å². The van der Waals surface area contributed by atoms with Gasteiger partial charge in [-0.1, -0.05) is 44.2 Å². The summed E-state index contributed by atoms with van der Waals surface area (Å²) in [5.74, 6) is 0.861. The number of nitrogens with one attached hydrogen (secondary N) is 2. The van der Waals surface area contributed by atoms with Gasteiger partial charge in [-0.05, 0) is 49.3 Å². The van der Waals surface area contributed by atoms with Gasteiger partial charge in [0.15, 0.2) is 0 Å². The van der Waals surface area contributed by atoms with Gasteiger partial charge in [-0.2, -0.15) is 0 Å². The minimum atomic E-state index is 0.0526. The SMILES string of the molecule is CCN(CC)CCNC(=O)Cc1c(C)[nH]c2ccc(OCc3ccccc3)cc12. The van der Waals surface area contributed by atoms with E-state index in [4.69, 9.17) is 4.74 Å². The highest BCUT2D eigenvalue weighted by Crippen LogP contribution is 2.27. The molecule has 0 aliphatic rings. The van der Waals surface area contributed by atoms with E-state index >= 15 is 0 Å². The molecule has 154 valence electrons. The average Bonchev–Trinajstić information content (AvgIpc) is 3.05. The second-order valence-electron chi connectivity index (χ2n) is 7.26. The Hall–Kier alpha value is -2.79. The molecule has 0 bridgehead atoms. The Balaban J connectivity index is 1.65. The summed E-state index contributed by atoms with van der Waals surface area (Å²) in [6.07, 6.45) is 0.367. The van der Waals surface area contributed by atoms with Crippen LogP contribution in [0.1, 0.15) is 30.7 Å². The summed E-state index contributed by atoms with van der Waals surface area (Å²) in [4.78, 5) is 18.2. The number of carbonyl (C=O) groups excluding carboxylic acids is 1. The molecule has 0 aliphatic heterocycles. The third-order valence-corrected chi connectivity index (χ3v) is 5.32. The van der Waals surface area contributed by atoms with Crippen LogP contribution in [0.5, 0.6) is 5.75 Å². The van der Waals surface area contributed by atoms with Gasteiger partial charge in [0.2, 0.25) is 5.91 Å². The third kappa shape index (κ3) is 5.61. The van der Waals surface area contributed by atoms with Crippen LogP contribution >= 0.6 is 0 Å². The van der Waals surface area contributed by atoms with Crippen LogP contribution in [0, 0.1) is 6.92 Å². The third-order valence-electron chi connectivity index (χ3n) is 5.32. The molecule has 0 fully saturated rings. The van der Waals surface area contributed by atoms with Crippen LogP contribution in [0.15, 0.2) is 48.5 Å². The Morgan fingerprint density at radius 1 is 1.10 bits per heavy atom. The Bertz CT molecular complexity index is 930. The van der Waals surface area contributed by atoms with Crippen molar-refractivity contribution in [2.45, 2.75) is 33.8 Å². The second kappa shape index (κ2) is 10.1. The Labute approximate surface area is 173 Å². The Morgan fingerprint density at radius 2 is 1.86 bits per heavy atom. The lowest BCUT2D eigenvalue weighted by atomic mass is 10.1. The molecule has 2 aromatic carbocycles. The van der Waals surface area contributed by atoms with Gasteiger partial charge < -0.3 is 19.9 Å². The molecular weight excluding hydrogens is 362 g/mol. The molecule has 0 saturated heterocycles. The van der Waals surface area contributed by atoms with Crippen LogP contribution in [0.25, 0.3) is 10.9 Å². The van der Waals surface area contributed by atoms with Gasteiger partial charge in [-0.3, -0.25) is 4.79 Å². The monoisotopic (exact) mass is 393 g/mol. The fourth-order valence-electron chi connectivity index (χ4n) is 3.54. The summed E-state index contributed by atoms with van der Waals surface area (Å²) in [6.45, 7) is 10.4. The summed E-state index contributed by atoms with van der Waals surface area (Å²) in [5, 5.41) is 4.10. The first-order chi connectivity index (χ1) is 14.1. The topological polar surface area (TPSA) is 57.4 Å². The lowest BCUT2D eigenvalue weighted by Gasteiger charge is -2.17. The zero-order valence-corrected chi connectivity index (χ0v) is 17.6. The van der Waals surface area contributed by atoms with Crippen molar-refractivity contribution in [1.29, 1.82) is 0 Å². The van der Waals surface area contributed by atoms with Crippen molar-refractivity contribution >= 4 is 16.8 Å². The molecule has 5 heteroatoms. The molecule has 5 nitrogen and oxygen atoms in total. The van der Waals surface area contributed by atoms with E-state index < -0.39 is 0 Å². The number of ether oxygens (including phenoxy) is 1. The molecule has 0 atom stereocenters. The maximum absolute atomic E-state index is 12.5. The van der Waals surface area contributed by atoms with Gasteiger partial charge in [0.25, 0.3) is 0 Å². The highest BCUT2D eigenvalue weighted by Gasteiger charge is 2.13. The fourth-order valence-corrected chi connectivity index (χ4v) is 3.54. The standard InChI is InChI=1S/C24H31N3O2/c1-4-27(5-2)14-13-25-24(28)16-21-18(3)26-23-12-11-20(15-22(21)23)29-17-19-9-7-6-8-10-19/h6-12,15,26H,4-5,13-14,16-17H2,1-3H3,(H,25,28). The quantitative estimate of drug-likeness (QED) is 0.546. The average molecular weight is 394 g/mol. The molecule has 29 heavy (non-hydrogen) atoms. The van der Waals surface area contributed by atoms with Crippen molar-refractivity contribution in [1.82, 2.24) is 15.2 Å². The predicted molar refractivity (Wildman–Crippen MR) is 118 cm³/mol. The van der Waals surface area contributed by atoms with E-state index in [-0.39, 0.29) is 5.91 Å². The fraction of sp³-hybridized carbons (Fsp3) is 0.375. The number of aromatic nitrogens is 1. The summed E-state index contributed by atoms with van der Waals surface area (Å²) in [7, 11) is 0. The van der Waals surface area contributed by atoms with Crippen LogP contribution in [0.3, 0.4) is 0 Å². The normalized spacial score (nSPS) is 11.2. The first-order valence-corrected chi connectivity index (χ1v) is 10.4. The van der Waals surface area contributed by atoms with Crippen LogP contribution in [-0.2, 0) is 17.8 Å². The molecular formula is C24H31N3O2. The summed E-state index contributed by atoms with van der Waals surface area (Å²) in [5.41, 5.74) is 4.22. The van der Waals surface area contributed by atoms with Crippen molar-refractivity contribution in [3.05, 3.63) is 65.4 Å². The Kier molecular flexibility index (Phi) is 7.30. The second-order valence-corrected chi connectivity index (χ2v) is 7.26. The molecule has 3 aromatic rings. The van der Waals surface area contributed by atoms with E-state index in [2.05, 4.69) is 29.0 Å². The maximum atomic E-state index is 12.5. The van der Waals surface area contributed by atoms with E-state index in [1.807, 2.05) is 55.5 Å². The zero-order valence-electron chi connectivity index (χ0n) is 17.6. The van der Waals surface area contributed by atoms with Crippen LogP contribution in [-0.4, -0.2) is 42.0 Å². The molecule has 2 N–H and O–H groups in total. The molecule has 1 aromatic heterocycles. The van der Waals surface area contributed by atoms with Gasteiger partial charge in [-0.15, -0.1) is 0 Å². The summed E-state index contributed by atoms with van der Waals surface area (Å²) >= 11 is 0. The minimum absolute atomic E-state index is 0.0526. The predicted octanol–water partition coefficient (Wildman–Crippen LogP) is 4.06. The molecule has 1 amide bonds. The molecule has 0 saturated carbocycles. The maximum Gasteiger partial charge on any atom is 0.224 e. The first-order valence-electron chi connectivity index (χ1n) is 10.4. The summed E-state index contributed by atoms with van der Waals surface area (Å²) in [6, 6.07) is 16.1. The van der Waals surface area contributed by atoms with Crippen molar-refractivity contribution in [3.8, 4) is 5.75 Å². The molecule has 0 aliphatic carbocycles. The Morgan fingerprint density at radius 3 is 2.59 bits per heavy atom. The van der Waals surface area contributed by atoms with Crippen LogP contribution in [0.4, 0.5) is 0 Å². The number of nitrogens with zero attached hydrogens (tertiary/aromatic N) is 1. The smallest absolute Gasteiger partial charge is 0.224 e. The van der Waals surface area contributed by atoms with Crippen molar-refractivity contribution in [3.63, 3.8) is 0 Å². The molecule has 3 rings (SSSR count). The van der Waals surface area contributed by atoms with Crippen molar-refractivity contribution < 1.29 is 9.53 Å².